The molecule has 1 aromatic rings. The number of rotatable bonds is 3. The normalized spacial score (nSPS) is 13.0. The highest BCUT2D eigenvalue weighted by atomic mass is 79.9. The molecular weight excluding hydrogens is 307 g/mol. The average Bonchev–Trinajstić information content (AvgIpc) is 2.24. The molecule has 0 fully saturated rings. The third kappa shape index (κ3) is 3.25. The number of nitrogens with two attached hydrogens (primary N) is 2. The van der Waals surface area contributed by atoms with E-state index in [1.54, 1.807) is 12.1 Å². The fourth-order valence-corrected chi connectivity index (χ4v) is 1.95. The summed E-state index contributed by atoms with van der Waals surface area (Å²) in [4.78, 5) is 0. The molecule has 0 unspecified atom stereocenters. The highest BCUT2D eigenvalue weighted by molar-refractivity contribution is 9.10. The van der Waals surface area contributed by atoms with E-state index in [1.165, 1.54) is 0 Å². The van der Waals surface area contributed by atoms with Gasteiger partial charge in [0.05, 0.1) is 5.69 Å². The Balaban J connectivity index is 0.00000256. The average molecular weight is 326 g/mol. The minimum Gasteiger partial charge on any atom is -0.505 e. The molecular formula is C11H18BrClN2O2. The first kappa shape index (κ1) is 16.5. The van der Waals surface area contributed by atoms with Crippen LogP contribution in [0.5, 0.6) is 5.75 Å². The Kier molecular flexibility index (Phi) is 5.74. The smallest absolute Gasteiger partial charge is 0.144 e. The molecule has 98 valence electrons. The van der Waals surface area contributed by atoms with Crippen molar-refractivity contribution in [2.45, 2.75) is 19.9 Å². The minimum atomic E-state index is -0.534. The van der Waals surface area contributed by atoms with Crippen molar-refractivity contribution >= 4 is 34.0 Å². The van der Waals surface area contributed by atoms with Gasteiger partial charge in [-0.2, -0.15) is 0 Å². The zero-order valence-corrected chi connectivity index (χ0v) is 12.2. The van der Waals surface area contributed by atoms with Gasteiger partial charge >= 0.3 is 0 Å². The third-order valence-electron chi connectivity index (χ3n) is 2.76. The molecule has 6 heteroatoms. The van der Waals surface area contributed by atoms with Crippen LogP contribution in [0.15, 0.2) is 16.6 Å². The summed E-state index contributed by atoms with van der Waals surface area (Å²) in [5.74, 6) is -0.0246. The molecule has 6 N–H and O–H groups in total. The topological polar surface area (TPSA) is 92.5 Å². The van der Waals surface area contributed by atoms with Gasteiger partial charge < -0.3 is 21.7 Å². The molecule has 0 amide bonds. The van der Waals surface area contributed by atoms with Gasteiger partial charge in [-0.05, 0) is 12.1 Å². The van der Waals surface area contributed by atoms with Gasteiger partial charge in [0.25, 0.3) is 0 Å². The molecule has 1 atom stereocenters. The fourth-order valence-electron chi connectivity index (χ4n) is 1.39. The van der Waals surface area contributed by atoms with E-state index in [4.69, 9.17) is 11.5 Å². The predicted molar refractivity (Wildman–Crippen MR) is 75.3 cm³/mol. The van der Waals surface area contributed by atoms with E-state index < -0.39 is 11.5 Å². The number of aliphatic hydroxyl groups excluding tert-OH is 1. The van der Waals surface area contributed by atoms with Gasteiger partial charge in [-0.15, -0.1) is 12.4 Å². The summed E-state index contributed by atoms with van der Waals surface area (Å²) >= 11 is 3.33. The maximum absolute atomic E-state index is 9.89. The first-order chi connectivity index (χ1) is 7.31. The zero-order valence-electron chi connectivity index (χ0n) is 9.77. The Morgan fingerprint density at radius 1 is 1.41 bits per heavy atom. The Hall–Kier alpha value is -0.490. The first-order valence-electron chi connectivity index (χ1n) is 4.94. The molecule has 0 aliphatic heterocycles. The number of phenols is 1. The summed E-state index contributed by atoms with van der Waals surface area (Å²) in [6.45, 7) is 3.58. The molecule has 0 radical (unpaired) electrons. The molecule has 0 heterocycles. The minimum absolute atomic E-state index is 0. The van der Waals surface area contributed by atoms with Gasteiger partial charge in [-0.1, -0.05) is 29.8 Å². The summed E-state index contributed by atoms with van der Waals surface area (Å²) in [5.41, 5.74) is 11.9. The zero-order chi connectivity index (χ0) is 12.5. The molecule has 0 saturated carbocycles. The summed E-state index contributed by atoms with van der Waals surface area (Å²) in [6.07, 6.45) is 0. The molecule has 1 rings (SSSR count). The van der Waals surface area contributed by atoms with E-state index in [9.17, 15) is 10.2 Å². The molecule has 0 aliphatic rings. The van der Waals surface area contributed by atoms with E-state index in [1.807, 2.05) is 13.8 Å². The van der Waals surface area contributed by atoms with Crippen molar-refractivity contribution in [2.75, 3.05) is 12.3 Å². The number of halogens is 2. The first-order valence-corrected chi connectivity index (χ1v) is 5.74. The Bertz CT molecular complexity index is 399. The molecule has 4 nitrogen and oxygen atoms in total. The van der Waals surface area contributed by atoms with Gasteiger partial charge in [-0.3, -0.25) is 0 Å². The van der Waals surface area contributed by atoms with Gasteiger partial charge in [0.15, 0.2) is 0 Å². The van der Waals surface area contributed by atoms with Crippen LogP contribution in [0.1, 0.15) is 25.5 Å². The largest absolute Gasteiger partial charge is 0.505 e. The number of nitrogen functional groups attached to an aromatic ring is 1. The maximum Gasteiger partial charge on any atom is 0.144 e. The molecule has 0 spiro atoms. The molecule has 0 aromatic heterocycles. The predicted octanol–water partition coefficient (Wildman–Crippen LogP) is 2.18. The summed E-state index contributed by atoms with van der Waals surface area (Å²) in [7, 11) is 0. The van der Waals surface area contributed by atoms with E-state index in [2.05, 4.69) is 15.9 Å². The standard InChI is InChI=1S/C11H17BrN2O2.ClH/c1-11(2,5-15)10(14)8-6(12)3-4-7(13)9(8)16;/h3-4,10,15-16H,5,13-14H2,1-2H3;1H/t10-;/m0./s1. The van der Waals surface area contributed by atoms with Gasteiger partial charge in [0.2, 0.25) is 0 Å². The lowest BCUT2D eigenvalue weighted by Gasteiger charge is -2.31. The number of hydrogen-bond donors (Lipinski definition) is 4. The van der Waals surface area contributed by atoms with Crippen molar-refractivity contribution in [2.24, 2.45) is 11.1 Å². The van der Waals surface area contributed by atoms with Crippen LogP contribution < -0.4 is 11.5 Å². The Labute approximate surface area is 116 Å². The number of aromatic hydroxyl groups is 1. The maximum atomic E-state index is 9.89. The van der Waals surface area contributed by atoms with Gasteiger partial charge in [0.1, 0.15) is 5.75 Å². The molecule has 17 heavy (non-hydrogen) atoms. The Morgan fingerprint density at radius 3 is 2.41 bits per heavy atom. The SMILES string of the molecule is CC(C)(CO)[C@@H](N)c1c(Br)ccc(N)c1O.Cl. The summed E-state index contributed by atoms with van der Waals surface area (Å²) in [5, 5.41) is 19.2. The summed E-state index contributed by atoms with van der Waals surface area (Å²) < 4.78 is 0.688. The van der Waals surface area contributed by atoms with E-state index in [0.29, 0.717) is 10.0 Å². The van der Waals surface area contributed by atoms with Crippen LogP contribution in [0.4, 0.5) is 5.69 Å². The van der Waals surface area contributed by atoms with Crippen LogP contribution in [-0.2, 0) is 0 Å². The van der Waals surface area contributed by atoms with Crippen molar-refractivity contribution < 1.29 is 10.2 Å². The number of aliphatic hydroxyl groups is 1. The lowest BCUT2D eigenvalue weighted by atomic mass is 9.81. The van der Waals surface area contributed by atoms with Crippen molar-refractivity contribution in [1.29, 1.82) is 0 Å². The Morgan fingerprint density at radius 2 is 1.94 bits per heavy atom. The van der Waals surface area contributed by atoms with Crippen LogP contribution >= 0.6 is 28.3 Å². The van der Waals surface area contributed by atoms with Crippen molar-refractivity contribution in [3.05, 3.63) is 22.2 Å². The van der Waals surface area contributed by atoms with E-state index >= 15 is 0 Å². The second-order valence-electron chi connectivity index (χ2n) is 4.52. The van der Waals surface area contributed by atoms with Crippen LogP contribution in [0.25, 0.3) is 0 Å². The quantitative estimate of drug-likeness (QED) is 0.506. The molecule has 0 aliphatic carbocycles. The molecule has 1 aromatic carbocycles. The van der Waals surface area contributed by atoms with Crippen LogP contribution in [0.2, 0.25) is 0 Å². The van der Waals surface area contributed by atoms with Crippen LogP contribution in [0.3, 0.4) is 0 Å². The number of hydrogen-bond acceptors (Lipinski definition) is 4. The van der Waals surface area contributed by atoms with Gasteiger partial charge in [0, 0.05) is 28.1 Å². The number of benzene rings is 1. The second-order valence-corrected chi connectivity index (χ2v) is 5.38. The van der Waals surface area contributed by atoms with Crippen molar-refractivity contribution in [3.8, 4) is 5.75 Å². The molecule has 0 saturated heterocycles. The third-order valence-corrected chi connectivity index (χ3v) is 3.45. The van der Waals surface area contributed by atoms with E-state index in [-0.39, 0.29) is 30.5 Å². The monoisotopic (exact) mass is 324 g/mol. The van der Waals surface area contributed by atoms with Crippen molar-refractivity contribution in [1.82, 2.24) is 0 Å². The van der Waals surface area contributed by atoms with E-state index in [0.717, 1.165) is 0 Å². The lowest BCUT2D eigenvalue weighted by Crippen LogP contribution is -2.32. The highest BCUT2D eigenvalue weighted by Crippen LogP contribution is 2.41. The van der Waals surface area contributed by atoms with Gasteiger partial charge in [-0.25, -0.2) is 0 Å². The molecule has 0 bridgehead atoms. The lowest BCUT2D eigenvalue weighted by molar-refractivity contribution is 0.131. The summed E-state index contributed by atoms with van der Waals surface area (Å²) in [6, 6.07) is 2.83. The highest BCUT2D eigenvalue weighted by Gasteiger charge is 2.31. The van der Waals surface area contributed by atoms with Crippen LogP contribution in [0, 0.1) is 5.41 Å². The second kappa shape index (κ2) is 5.91. The fraction of sp³-hybridized carbons (Fsp3) is 0.455. The van der Waals surface area contributed by atoms with Crippen LogP contribution in [-0.4, -0.2) is 16.8 Å². The number of anilines is 1. The number of phenolic OH excluding ortho intramolecular Hbond substituents is 1. The van der Waals surface area contributed by atoms with Crippen molar-refractivity contribution in [3.63, 3.8) is 0 Å².